The number of amides is 1. The van der Waals surface area contributed by atoms with E-state index in [1.54, 1.807) is 17.7 Å². The normalized spacial score (nSPS) is 16.4. The second kappa shape index (κ2) is 5.92. The summed E-state index contributed by atoms with van der Waals surface area (Å²) in [5, 5.41) is 3.47. The van der Waals surface area contributed by atoms with Gasteiger partial charge in [-0.25, -0.2) is 9.97 Å². The van der Waals surface area contributed by atoms with Crippen LogP contribution < -0.4 is 10.9 Å². The van der Waals surface area contributed by atoms with Gasteiger partial charge in [0, 0.05) is 30.1 Å². The molecule has 0 aliphatic carbocycles. The van der Waals surface area contributed by atoms with Gasteiger partial charge in [-0.05, 0) is 31.5 Å². The molecule has 1 aliphatic rings. The Morgan fingerprint density at radius 1 is 1.45 bits per heavy atom. The maximum absolute atomic E-state index is 12.2. The monoisotopic (exact) mass is 316 g/mol. The fourth-order valence-corrected chi connectivity index (χ4v) is 3.62. The first-order valence-electron chi connectivity index (χ1n) is 6.98. The number of rotatable bonds is 3. The van der Waals surface area contributed by atoms with Gasteiger partial charge in [0.1, 0.15) is 5.82 Å². The number of pyridine rings is 1. The van der Waals surface area contributed by atoms with Gasteiger partial charge in [-0.1, -0.05) is 11.8 Å². The summed E-state index contributed by atoms with van der Waals surface area (Å²) in [5.74, 6) is 1.06. The third-order valence-electron chi connectivity index (χ3n) is 3.42. The molecule has 1 aliphatic heterocycles. The molecule has 1 atom stereocenters. The minimum Gasteiger partial charge on any atom is -0.311 e. The highest BCUT2D eigenvalue weighted by Crippen LogP contribution is 2.32. The lowest BCUT2D eigenvalue weighted by atomic mass is 10.2. The third-order valence-corrected chi connectivity index (χ3v) is 4.52. The van der Waals surface area contributed by atoms with Crippen LogP contribution in [0.2, 0.25) is 0 Å². The topological polar surface area (TPSA) is 76.9 Å². The lowest BCUT2D eigenvalue weighted by Crippen LogP contribution is -2.27. The van der Waals surface area contributed by atoms with Crippen molar-refractivity contribution in [2.75, 3.05) is 11.1 Å². The highest BCUT2D eigenvalue weighted by atomic mass is 32.2. The number of carbonyl (C=O) groups is 1. The molecule has 3 rings (SSSR count). The maximum atomic E-state index is 12.2. The number of hydrogen-bond acceptors (Lipinski definition) is 5. The van der Waals surface area contributed by atoms with Gasteiger partial charge in [-0.2, -0.15) is 0 Å². The van der Waals surface area contributed by atoms with Crippen LogP contribution in [0.5, 0.6) is 0 Å². The summed E-state index contributed by atoms with van der Waals surface area (Å²) in [6, 6.07) is 5.02. The zero-order chi connectivity index (χ0) is 15.7. The van der Waals surface area contributed by atoms with Crippen molar-refractivity contribution in [3.63, 3.8) is 0 Å². The van der Waals surface area contributed by atoms with Crippen LogP contribution >= 0.6 is 11.8 Å². The number of thioether (sulfide) groups is 1. The summed E-state index contributed by atoms with van der Waals surface area (Å²) in [4.78, 5) is 32.7. The smallest absolute Gasteiger partial charge is 0.254 e. The number of nitrogens with one attached hydrogen (secondary N) is 1. The number of aromatic nitrogens is 3. The fraction of sp³-hybridized carbons (Fsp3) is 0.333. The minimum atomic E-state index is -0.162. The van der Waals surface area contributed by atoms with Crippen molar-refractivity contribution in [1.82, 2.24) is 14.5 Å². The zero-order valence-electron chi connectivity index (χ0n) is 12.4. The van der Waals surface area contributed by atoms with E-state index in [0.717, 1.165) is 5.56 Å². The van der Waals surface area contributed by atoms with E-state index in [0.29, 0.717) is 22.4 Å². The number of fused-ring (bicyclic) bond motifs is 1. The maximum Gasteiger partial charge on any atom is 0.254 e. The first-order chi connectivity index (χ1) is 10.5. The average Bonchev–Trinajstić information content (AvgIpc) is 2.81. The van der Waals surface area contributed by atoms with E-state index in [2.05, 4.69) is 15.3 Å². The van der Waals surface area contributed by atoms with Gasteiger partial charge in [-0.3, -0.25) is 14.2 Å². The van der Waals surface area contributed by atoms with Crippen molar-refractivity contribution in [2.24, 2.45) is 0 Å². The molecule has 0 aromatic carbocycles. The molecule has 0 radical (unpaired) electrons. The largest absolute Gasteiger partial charge is 0.311 e. The fourth-order valence-electron chi connectivity index (χ4n) is 2.43. The molecule has 114 valence electrons. The SMILES string of the molecule is Cc1ccnc(NC(=O)C[C@@H]2CSc3nc(C)cc(=O)n32)c1. The van der Waals surface area contributed by atoms with Gasteiger partial charge in [-0.15, -0.1) is 0 Å². The van der Waals surface area contributed by atoms with Crippen LogP contribution in [0.25, 0.3) is 0 Å². The molecule has 22 heavy (non-hydrogen) atoms. The van der Waals surface area contributed by atoms with Gasteiger partial charge in [0.25, 0.3) is 5.56 Å². The van der Waals surface area contributed by atoms with Gasteiger partial charge >= 0.3 is 0 Å². The Hall–Kier alpha value is -2.15. The van der Waals surface area contributed by atoms with Crippen molar-refractivity contribution in [3.05, 3.63) is 46.0 Å². The van der Waals surface area contributed by atoms with E-state index in [1.165, 1.54) is 17.8 Å². The predicted octanol–water partition coefficient (Wildman–Crippen LogP) is 1.93. The van der Waals surface area contributed by atoms with Gasteiger partial charge in [0.05, 0.1) is 6.04 Å². The molecule has 2 aromatic heterocycles. The molecule has 0 unspecified atom stereocenters. The van der Waals surface area contributed by atoms with Crippen molar-refractivity contribution < 1.29 is 4.79 Å². The molecule has 0 spiro atoms. The van der Waals surface area contributed by atoms with E-state index in [4.69, 9.17) is 0 Å². The van der Waals surface area contributed by atoms with Crippen LogP contribution in [0.4, 0.5) is 5.82 Å². The lowest BCUT2D eigenvalue weighted by molar-refractivity contribution is -0.116. The summed E-state index contributed by atoms with van der Waals surface area (Å²) in [5.41, 5.74) is 1.64. The standard InChI is InChI=1S/C15H16N4O2S/c1-9-3-4-16-12(5-9)18-13(20)7-11-8-22-15-17-10(2)6-14(21)19(11)15/h3-6,11H,7-8H2,1-2H3,(H,16,18,20)/t11-/m1/s1. The average molecular weight is 316 g/mol. The van der Waals surface area contributed by atoms with Gasteiger partial charge in [0.2, 0.25) is 5.91 Å². The van der Waals surface area contributed by atoms with E-state index in [1.807, 2.05) is 19.1 Å². The van der Waals surface area contributed by atoms with E-state index < -0.39 is 0 Å². The van der Waals surface area contributed by atoms with E-state index in [9.17, 15) is 9.59 Å². The Balaban J connectivity index is 1.73. The summed E-state index contributed by atoms with van der Waals surface area (Å²) >= 11 is 1.51. The zero-order valence-corrected chi connectivity index (χ0v) is 13.2. The van der Waals surface area contributed by atoms with Crippen LogP contribution in [0.15, 0.2) is 34.3 Å². The number of hydrogen-bond donors (Lipinski definition) is 1. The Morgan fingerprint density at radius 3 is 3.05 bits per heavy atom. The molecule has 0 saturated carbocycles. The first-order valence-corrected chi connectivity index (χ1v) is 7.97. The third kappa shape index (κ3) is 3.04. The Bertz CT molecular complexity index is 787. The minimum absolute atomic E-state index is 0.0982. The summed E-state index contributed by atoms with van der Waals surface area (Å²) in [7, 11) is 0. The van der Waals surface area contributed by atoms with Crippen LogP contribution in [0.1, 0.15) is 23.7 Å². The number of anilines is 1. The molecular weight excluding hydrogens is 300 g/mol. The lowest BCUT2D eigenvalue weighted by Gasteiger charge is -2.13. The molecule has 6 nitrogen and oxygen atoms in total. The Labute approximate surface area is 132 Å². The molecule has 2 aromatic rings. The predicted molar refractivity (Wildman–Crippen MR) is 85.2 cm³/mol. The van der Waals surface area contributed by atoms with Crippen molar-refractivity contribution in [2.45, 2.75) is 31.5 Å². The Morgan fingerprint density at radius 2 is 2.27 bits per heavy atom. The first kappa shape index (κ1) is 14.8. The van der Waals surface area contributed by atoms with E-state index in [-0.39, 0.29) is 23.9 Å². The van der Waals surface area contributed by atoms with Crippen LogP contribution in [-0.4, -0.2) is 26.2 Å². The number of carbonyl (C=O) groups excluding carboxylic acids is 1. The van der Waals surface area contributed by atoms with Crippen LogP contribution in [0, 0.1) is 13.8 Å². The highest BCUT2D eigenvalue weighted by molar-refractivity contribution is 7.99. The molecular formula is C15H16N4O2S. The van der Waals surface area contributed by atoms with Crippen LogP contribution in [-0.2, 0) is 4.79 Å². The van der Waals surface area contributed by atoms with Crippen molar-refractivity contribution in [1.29, 1.82) is 0 Å². The molecule has 1 N–H and O–H groups in total. The van der Waals surface area contributed by atoms with Gasteiger partial charge < -0.3 is 5.32 Å². The van der Waals surface area contributed by atoms with Crippen molar-refractivity contribution in [3.8, 4) is 0 Å². The summed E-state index contributed by atoms with van der Waals surface area (Å²) in [6.45, 7) is 3.74. The molecule has 0 bridgehead atoms. The quantitative estimate of drug-likeness (QED) is 0.876. The highest BCUT2D eigenvalue weighted by Gasteiger charge is 2.27. The second-order valence-corrected chi connectivity index (χ2v) is 6.31. The molecule has 7 heteroatoms. The summed E-state index contributed by atoms with van der Waals surface area (Å²) in [6.07, 6.45) is 1.89. The Kier molecular flexibility index (Phi) is 3.98. The molecule has 3 heterocycles. The van der Waals surface area contributed by atoms with Crippen molar-refractivity contribution >= 4 is 23.5 Å². The second-order valence-electron chi connectivity index (χ2n) is 5.32. The number of nitrogens with zero attached hydrogens (tertiary/aromatic N) is 3. The van der Waals surface area contributed by atoms with Crippen LogP contribution in [0.3, 0.4) is 0 Å². The van der Waals surface area contributed by atoms with E-state index >= 15 is 0 Å². The molecule has 0 saturated heterocycles. The van der Waals surface area contributed by atoms with Gasteiger partial charge in [0.15, 0.2) is 5.16 Å². The molecule has 1 amide bonds. The number of aryl methyl sites for hydroxylation is 2. The summed E-state index contributed by atoms with van der Waals surface area (Å²) < 4.78 is 1.61. The molecule has 0 fully saturated rings.